The van der Waals surface area contributed by atoms with Crippen LogP contribution in [0.15, 0.2) is 30.3 Å². The monoisotopic (exact) mass is 318 g/mol. The largest absolute Gasteiger partial charge is 0.443 e. The first-order chi connectivity index (χ1) is 10.7. The molecule has 0 radical (unpaired) electrons. The third kappa shape index (κ3) is 2.62. The van der Waals surface area contributed by atoms with Gasteiger partial charge in [0.05, 0.1) is 12.1 Å². The maximum absolute atomic E-state index is 12.1. The zero-order valence-electron chi connectivity index (χ0n) is 13.8. The molecule has 0 unspecified atom stereocenters. The van der Waals surface area contributed by atoms with Gasteiger partial charge in [0.2, 0.25) is 0 Å². The number of rotatable bonds is 3. The first-order valence-corrected chi connectivity index (χ1v) is 7.68. The molecule has 2 heterocycles. The van der Waals surface area contributed by atoms with E-state index in [1.807, 2.05) is 37.3 Å². The molecule has 0 saturated carbocycles. The summed E-state index contributed by atoms with van der Waals surface area (Å²) in [5, 5.41) is 1.75. The molecule has 6 nitrogen and oxygen atoms in total. The average molecular weight is 318 g/mol. The molecule has 3 rings (SSSR count). The molecule has 124 valence electrons. The van der Waals surface area contributed by atoms with Gasteiger partial charge in [-0.15, -0.1) is 0 Å². The maximum atomic E-state index is 12.1. The zero-order chi connectivity index (χ0) is 16.9. The van der Waals surface area contributed by atoms with Crippen molar-refractivity contribution >= 4 is 12.4 Å². The van der Waals surface area contributed by atoms with Crippen LogP contribution >= 0.6 is 0 Å². The fourth-order valence-electron chi connectivity index (χ4n) is 3.23. The summed E-state index contributed by atoms with van der Waals surface area (Å²) in [4.78, 5) is 23.6. The van der Waals surface area contributed by atoms with E-state index in [9.17, 15) is 9.59 Å². The summed E-state index contributed by atoms with van der Waals surface area (Å²) >= 11 is 0. The van der Waals surface area contributed by atoms with E-state index in [0.29, 0.717) is 6.54 Å². The first-order valence-electron chi connectivity index (χ1n) is 7.68. The van der Waals surface area contributed by atoms with Gasteiger partial charge in [0, 0.05) is 0 Å². The highest BCUT2D eigenvalue weighted by Crippen LogP contribution is 2.55. The van der Waals surface area contributed by atoms with E-state index < -0.39 is 22.8 Å². The van der Waals surface area contributed by atoms with Crippen LogP contribution in [0.3, 0.4) is 0 Å². The number of hydrazine groups is 1. The van der Waals surface area contributed by atoms with Crippen molar-refractivity contribution in [3.63, 3.8) is 0 Å². The molecule has 23 heavy (non-hydrogen) atoms. The van der Waals surface area contributed by atoms with E-state index in [1.165, 1.54) is 0 Å². The Hall–Kier alpha value is -1.92. The number of nitrogens with zero attached hydrogens (tertiary/aromatic N) is 1. The van der Waals surface area contributed by atoms with Crippen LogP contribution in [0.5, 0.6) is 0 Å². The highest BCUT2D eigenvalue weighted by Gasteiger charge is 2.74. The summed E-state index contributed by atoms with van der Waals surface area (Å²) in [6.07, 6.45) is 0.00200. The summed E-state index contributed by atoms with van der Waals surface area (Å²) in [6.45, 7) is 7.68. The number of fused-ring (bicyclic) bond motifs is 1. The van der Waals surface area contributed by atoms with Gasteiger partial charge < -0.3 is 9.47 Å². The Kier molecular flexibility index (Phi) is 3.50. The number of ether oxygens (including phenoxy) is 2. The van der Waals surface area contributed by atoms with E-state index >= 15 is 0 Å². The van der Waals surface area contributed by atoms with Gasteiger partial charge in [-0.1, -0.05) is 30.3 Å². The van der Waals surface area contributed by atoms with Crippen molar-refractivity contribution in [1.29, 1.82) is 0 Å². The van der Waals surface area contributed by atoms with Crippen LogP contribution in [0.25, 0.3) is 0 Å². The summed E-state index contributed by atoms with van der Waals surface area (Å²) in [7, 11) is 0. The highest BCUT2D eigenvalue weighted by molar-refractivity contribution is 5.72. The molecular formula is C17H22N2O4. The topological polar surface area (TPSA) is 71.2 Å². The lowest BCUT2D eigenvalue weighted by atomic mass is 9.87. The predicted octanol–water partition coefficient (Wildman–Crippen LogP) is 1.99. The van der Waals surface area contributed by atoms with Gasteiger partial charge in [0.1, 0.15) is 11.7 Å². The number of benzene rings is 1. The van der Waals surface area contributed by atoms with Gasteiger partial charge in [0.15, 0.2) is 11.9 Å². The Morgan fingerprint density at radius 3 is 2.61 bits per heavy atom. The van der Waals surface area contributed by atoms with Crippen molar-refractivity contribution in [2.24, 2.45) is 0 Å². The van der Waals surface area contributed by atoms with Crippen LogP contribution in [0.1, 0.15) is 33.3 Å². The van der Waals surface area contributed by atoms with Crippen molar-refractivity contribution in [3.8, 4) is 0 Å². The van der Waals surface area contributed by atoms with Crippen molar-refractivity contribution in [2.75, 3.05) is 6.54 Å². The molecule has 1 aromatic carbocycles. The minimum absolute atomic E-state index is 0.287. The van der Waals surface area contributed by atoms with Gasteiger partial charge in [-0.05, 0) is 33.3 Å². The smallest absolute Gasteiger partial charge is 0.422 e. The highest BCUT2D eigenvalue weighted by atomic mass is 16.6. The Bertz CT molecular complexity index is 627. The fraction of sp³-hybridized carbons (Fsp3) is 0.529. The molecule has 2 aliphatic heterocycles. The normalized spacial score (nSPS) is 33.0. The Morgan fingerprint density at radius 1 is 1.39 bits per heavy atom. The third-order valence-corrected chi connectivity index (χ3v) is 4.38. The van der Waals surface area contributed by atoms with Gasteiger partial charge in [0.25, 0.3) is 0 Å². The summed E-state index contributed by atoms with van der Waals surface area (Å²) in [5.41, 5.74) is 1.69. The fourth-order valence-corrected chi connectivity index (χ4v) is 3.23. The molecule has 2 fully saturated rings. The van der Waals surface area contributed by atoms with Crippen LogP contribution in [0.2, 0.25) is 0 Å². The molecule has 0 bridgehead atoms. The standard InChI is InChI=1S/C17H22N2O4/c1-15(2,3)23-14(21)18-19-10-17(11-20)13(22-17)16(19,4)12-8-6-5-7-9-12/h5-9,11,13H,10H2,1-4H3,(H,18,21)/t13-,16-,17-/m0/s1. The molecule has 0 aliphatic carbocycles. The van der Waals surface area contributed by atoms with Crippen LogP contribution in [0, 0.1) is 0 Å². The van der Waals surface area contributed by atoms with Crippen molar-refractivity contribution in [1.82, 2.24) is 10.4 Å². The molecular weight excluding hydrogens is 296 g/mol. The first kappa shape index (κ1) is 16.0. The Balaban J connectivity index is 1.86. The Labute approximate surface area is 135 Å². The van der Waals surface area contributed by atoms with Gasteiger partial charge in [-0.2, -0.15) is 0 Å². The second kappa shape index (κ2) is 5.04. The molecule has 6 heteroatoms. The number of morpholine rings is 1. The minimum Gasteiger partial charge on any atom is -0.443 e. The van der Waals surface area contributed by atoms with E-state index in [2.05, 4.69) is 5.43 Å². The van der Waals surface area contributed by atoms with Crippen molar-refractivity contribution in [3.05, 3.63) is 35.9 Å². The summed E-state index contributed by atoms with van der Waals surface area (Å²) < 4.78 is 11.0. The Morgan fingerprint density at radius 2 is 2.04 bits per heavy atom. The van der Waals surface area contributed by atoms with Gasteiger partial charge in [-0.25, -0.2) is 9.80 Å². The molecule has 1 aromatic rings. The van der Waals surface area contributed by atoms with E-state index in [1.54, 1.807) is 25.8 Å². The van der Waals surface area contributed by atoms with Crippen LogP contribution in [0.4, 0.5) is 4.79 Å². The second-order valence-corrected chi connectivity index (χ2v) is 7.28. The number of aldehydes is 1. The summed E-state index contributed by atoms with van der Waals surface area (Å²) in [5.74, 6) is 0. The molecule has 3 atom stereocenters. The molecule has 2 saturated heterocycles. The van der Waals surface area contributed by atoms with Crippen molar-refractivity contribution < 1.29 is 19.1 Å². The number of epoxide rings is 1. The zero-order valence-corrected chi connectivity index (χ0v) is 13.8. The van der Waals surface area contributed by atoms with E-state index in [4.69, 9.17) is 9.47 Å². The van der Waals surface area contributed by atoms with Crippen LogP contribution in [-0.2, 0) is 19.8 Å². The third-order valence-electron chi connectivity index (χ3n) is 4.38. The van der Waals surface area contributed by atoms with Crippen molar-refractivity contribution in [2.45, 2.75) is 50.5 Å². The minimum atomic E-state index is -0.848. The lowest BCUT2D eigenvalue weighted by molar-refractivity contribution is -0.113. The summed E-state index contributed by atoms with van der Waals surface area (Å²) in [6, 6.07) is 9.71. The molecule has 1 N–H and O–H groups in total. The SMILES string of the molecule is CC(C)(C)OC(=O)NN1C[C@@]2(C=O)O[C@H]2[C@]1(C)c1ccccc1. The van der Waals surface area contributed by atoms with Crippen LogP contribution in [-0.4, -0.2) is 41.2 Å². The van der Waals surface area contributed by atoms with E-state index in [-0.39, 0.29) is 6.10 Å². The quantitative estimate of drug-likeness (QED) is 0.682. The molecule has 1 amide bonds. The number of amides is 1. The van der Waals surface area contributed by atoms with Gasteiger partial charge in [-0.3, -0.25) is 10.2 Å². The predicted molar refractivity (Wildman–Crippen MR) is 83.5 cm³/mol. The number of carbonyl (C=O) groups excluding carboxylic acids is 2. The number of carbonyl (C=O) groups is 2. The molecule has 0 aromatic heterocycles. The van der Waals surface area contributed by atoms with Gasteiger partial charge >= 0.3 is 6.09 Å². The van der Waals surface area contributed by atoms with E-state index in [0.717, 1.165) is 11.8 Å². The number of hydrogen-bond acceptors (Lipinski definition) is 5. The molecule has 0 spiro atoms. The number of hydrogen-bond donors (Lipinski definition) is 1. The lowest BCUT2D eigenvalue weighted by Gasteiger charge is -2.37. The maximum Gasteiger partial charge on any atom is 0.422 e. The number of nitrogens with one attached hydrogen (secondary N) is 1. The van der Waals surface area contributed by atoms with Crippen LogP contribution < -0.4 is 5.43 Å². The molecule has 2 aliphatic rings. The second-order valence-electron chi connectivity index (χ2n) is 7.28. The average Bonchev–Trinajstić information content (AvgIpc) is 3.15. The lowest BCUT2D eigenvalue weighted by Crippen LogP contribution is -2.54.